The molecule has 3 N–H and O–H groups in total. The van der Waals surface area contributed by atoms with Crippen molar-refractivity contribution in [1.29, 1.82) is 0 Å². The van der Waals surface area contributed by atoms with Gasteiger partial charge in [0.15, 0.2) is 0 Å². The van der Waals surface area contributed by atoms with Gasteiger partial charge in [-0.25, -0.2) is 8.42 Å². The summed E-state index contributed by atoms with van der Waals surface area (Å²) < 4.78 is 33.7. The van der Waals surface area contributed by atoms with E-state index in [4.69, 9.17) is 10.5 Å². The smallest absolute Gasteiger partial charge is 0.243 e. The second-order valence-electron chi connectivity index (χ2n) is 8.54. The van der Waals surface area contributed by atoms with Crippen LogP contribution in [0.5, 0.6) is 11.5 Å². The Labute approximate surface area is 196 Å². The molecule has 2 aromatic carbocycles. The first kappa shape index (κ1) is 25.0. The highest BCUT2D eigenvalue weighted by molar-refractivity contribution is 7.89. The van der Waals surface area contributed by atoms with E-state index in [0.29, 0.717) is 44.8 Å². The third kappa shape index (κ3) is 6.93. The number of phenolic OH excluding ortho intramolecular Hbond substituents is 1. The molecule has 1 heterocycles. The van der Waals surface area contributed by atoms with Crippen LogP contribution >= 0.6 is 0 Å². The summed E-state index contributed by atoms with van der Waals surface area (Å²) in [7, 11) is -2.17. The molecule has 9 heteroatoms. The fourth-order valence-electron chi connectivity index (χ4n) is 4.08. The summed E-state index contributed by atoms with van der Waals surface area (Å²) in [6.07, 6.45) is 3.49. The van der Waals surface area contributed by atoms with Crippen LogP contribution < -0.4 is 10.5 Å². The number of amides is 1. The number of benzene rings is 2. The van der Waals surface area contributed by atoms with Gasteiger partial charge in [0.25, 0.3) is 0 Å². The van der Waals surface area contributed by atoms with E-state index < -0.39 is 10.0 Å². The number of methoxy groups -OCH3 is 1. The van der Waals surface area contributed by atoms with E-state index in [1.165, 1.54) is 11.4 Å². The van der Waals surface area contributed by atoms with Gasteiger partial charge in [0.05, 0.1) is 12.0 Å². The number of nitrogens with zero attached hydrogens (tertiary/aromatic N) is 2. The molecule has 1 atom stereocenters. The van der Waals surface area contributed by atoms with Crippen molar-refractivity contribution in [3.05, 3.63) is 54.1 Å². The Hall–Kier alpha value is -2.62. The molecule has 1 aliphatic rings. The summed E-state index contributed by atoms with van der Waals surface area (Å²) in [6, 6.07) is 13.1. The number of aromatic hydroxyl groups is 1. The number of carbonyl (C=O) groups is 1. The van der Waals surface area contributed by atoms with Gasteiger partial charge in [-0.05, 0) is 73.6 Å². The van der Waals surface area contributed by atoms with Gasteiger partial charge in [-0.3, -0.25) is 4.79 Å². The predicted octanol–water partition coefficient (Wildman–Crippen LogP) is 2.22. The van der Waals surface area contributed by atoms with Gasteiger partial charge in [-0.15, -0.1) is 0 Å². The predicted molar refractivity (Wildman–Crippen MR) is 127 cm³/mol. The number of nitrogens with two attached hydrogens (primary N) is 1. The molecular weight excluding hydrogens is 442 g/mol. The monoisotopic (exact) mass is 475 g/mol. The lowest BCUT2D eigenvalue weighted by Gasteiger charge is -2.33. The molecule has 0 aliphatic carbocycles. The Morgan fingerprint density at radius 3 is 2.36 bits per heavy atom. The molecule has 0 radical (unpaired) electrons. The van der Waals surface area contributed by atoms with Crippen LogP contribution in [-0.4, -0.2) is 68.5 Å². The molecule has 33 heavy (non-hydrogen) atoms. The van der Waals surface area contributed by atoms with Gasteiger partial charge in [0, 0.05) is 32.2 Å². The van der Waals surface area contributed by atoms with Crippen LogP contribution in [0.25, 0.3) is 0 Å². The molecule has 0 bridgehead atoms. The van der Waals surface area contributed by atoms with E-state index in [9.17, 15) is 18.3 Å². The normalized spacial score (nSPS) is 16.0. The lowest BCUT2D eigenvalue weighted by atomic mass is 9.97. The summed E-state index contributed by atoms with van der Waals surface area (Å²) in [6.45, 7) is 1.99. The van der Waals surface area contributed by atoms with E-state index in [-0.39, 0.29) is 22.6 Å². The number of carbonyl (C=O) groups excluding carboxylic acids is 1. The molecule has 180 valence electrons. The fourth-order valence-corrected chi connectivity index (χ4v) is 5.61. The first-order chi connectivity index (χ1) is 15.8. The van der Waals surface area contributed by atoms with Crippen LogP contribution in [0.2, 0.25) is 0 Å². The number of hydrogen-bond acceptors (Lipinski definition) is 6. The zero-order valence-electron chi connectivity index (χ0n) is 19.0. The molecule has 0 aromatic heterocycles. The van der Waals surface area contributed by atoms with E-state index in [1.54, 1.807) is 41.3 Å². The van der Waals surface area contributed by atoms with Crippen molar-refractivity contribution in [1.82, 2.24) is 9.21 Å². The SMILES string of the molecule is COc1ccc(S(=O)(=O)N(CC[C@@H](N)Cc2ccc(O)cc2)CC2CCN(C=O)CC2)cc1. The maximum atomic E-state index is 13.5. The van der Waals surface area contributed by atoms with Crippen LogP contribution in [0.1, 0.15) is 24.8 Å². The third-order valence-electron chi connectivity index (χ3n) is 6.14. The summed E-state index contributed by atoms with van der Waals surface area (Å²) in [5.74, 6) is 0.977. The van der Waals surface area contributed by atoms with E-state index >= 15 is 0 Å². The molecule has 0 unspecified atom stereocenters. The molecular formula is C24H33N3O5S. The summed E-state index contributed by atoms with van der Waals surface area (Å²) in [5.41, 5.74) is 7.33. The van der Waals surface area contributed by atoms with Crippen molar-refractivity contribution >= 4 is 16.4 Å². The number of ether oxygens (including phenoxy) is 1. The average molecular weight is 476 g/mol. The van der Waals surface area contributed by atoms with Gasteiger partial charge in [-0.2, -0.15) is 4.31 Å². The van der Waals surface area contributed by atoms with Crippen molar-refractivity contribution in [2.45, 2.75) is 36.6 Å². The van der Waals surface area contributed by atoms with Gasteiger partial charge >= 0.3 is 0 Å². The van der Waals surface area contributed by atoms with Crippen molar-refractivity contribution < 1.29 is 23.1 Å². The second kappa shape index (κ2) is 11.5. The summed E-state index contributed by atoms with van der Waals surface area (Å²) >= 11 is 0. The molecule has 2 aromatic rings. The van der Waals surface area contributed by atoms with Crippen LogP contribution in [-0.2, 0) is 21.2 Å². The quantitative estimate of drug-likeness (QED) is 0.482. The fraction of sp³-hybridized carbons (Fsp3) is 0.458. The molecule has 0 saturated carbocycles. The van der Waals surface area contributed by atoms with Crippen molar-refractivity contribution in [2.75, 3.05) is 33.3 Å². The third-order valence-corrected chi connectivity index (χ3v) is 8.02. The van der Waals surface area contributed by atoms with Crippen LogP contribution in [0, 0.1) is 5.92 Å². The molecule has 1 fully saturated rings. The van der Waals surface area contributed by atoms with Crippen LogP contribution in [0.4, 0.5) is 0 Å². The Balaban J connectivity index is 1.71. The molecule has 3 rings (SSSR count). The Morgan fingerprint density at radius 1 is 1.15 bits per heavy atom. The summed E-state index contributed by atoms with van der Waals surface area (Å²) in [5, 5.41) is 9.45. The second-order valence-corrected chi connectivity index (χ2v) is 10.5. The minimum Gasteiger partial charge on any atom is -0.508 e. The van der Waals surface area contributed by atoms with Crippen LogP contribution in [0.15, 0.2) is 53.4 Å². The number of likely N-dealkylation sites (tertiary alicyclic amines) is 1. The first-order valence-electron chi connectivity index (χ1n) is 11.2. The van der Waals surface area contributed by atoms with Gasteiger partial charge in [-0.1, -0.05) is 12.1 Å². The average Bonchev–Trinajstić information content (AvgIpc) is 2.83. The Bertz CT molecular complexity index is 988. The summed E-state index contributed by atoms with van der Waals surface area (Å²) in [4.78, 5) is 13.0. The molecule has 1 aliphatic heterocycles. The zero-order valence-corrected chi connectivity index (χ0v) is 19.8. The maximum Gasteiger partial charge on any atom is 0.243 e. The minimum absolute atomic E-state index is 0.183. The molecule has 1 saturated heterocycles. The van der Waals surface area contributed by atoms with E-state index in [0.717, 1.165) is 24.8 Å². The van der Waals surface area contributed by atoms with E-state index in [1.807, 2.05) is 12.1 Å². The molecule has 8 nitrogen and oxygen atoms in total. The highest BCUT2D eigenvalue weighted by Gasteiger charge is 2.29. The number of sulfonamides is 1. The Morgan fingerprint density at radius 2 is 1.79 bits per heavy atom. The van der Waals surface area contributed by atoms with Gasteiger partial charge in [0.1, 0.15) is 11.5 Å². The topological polar surface area (TPSA) is 113 Å². The van der Waals surface area contributed by atoms with Crippen molar-refractivity contribution in [2.24, 2.45) is 11.7 Å². The minimum atomic E-state index is -3.71. The Kier molecular flexibility index (Phi) is 8.71. The molecule has 1 amide bonds. The lowest BCUT2D eigenvalue weighted by molar-refractivity contribution is -0.119. The zero-order chi connectivity index (χ0) is 23.8. The highest BCUT2D eigenvalue weighted by Crippen LogP contribution is 2.24. The number of piperidine rings is 1. The first-order valence-corrected chi connectivity index (χ1v) is 12.6. The maximum absolute atomic E-state index is 13.5. The van der Waals surface area contributed by atoms with Crippen LogP contribution in [0.3, 0.4) is 0 Å². The number of hydrogen-bond donors (Lipinski definition) is 2. The number of phenols is 1. The molecule has 0 spiro atoms. The highest BCUT2D eigenvalue weighted by atomic mass is 32.2. The standard InChI is InChI=1S/C24H33N3O5S/c1-32-23-6-8-24(9-7-23)33(30,31)27(17-20-10-13-26(18-28)14-11-20)15-12-21(25)16-19-2-4-22(29)5-3-19/h2-9,18,20-21,29H,10-17,25H2,1H3/t21-/m1/s1. The van der Waals surface area contributed by atoms with Gasteiger partial charge in [0.2, 0.25) is 16.4 Å². The van der Waals surface area contributed by atoms with Crippen molar-refractivity contribution in [3.8, 4) is 11.5 Å². The van der Waals surface area contributed by atoms with Gasteiger partial charge < -0.3 is 20.5 Å². The largest absolute Gasteiger partial charge is 0.508 e. The number of rotatable bonds is 11. The van der Waals surface area contributed by atoms with Crippen molar-refractivity contribution in [3.63, 3.8) is 0 Å². The van der Waals surface area contributed by atoms with E-state index in [2.05, 4.69) is 0 Å². The lowest BCUT2D eigenvalue weighted by Crippen LogP contribution is -2.42.